The highest BCUT2D eigenvalue weighted by Gasteiger charge is 2.06. The Labute approximate surface area is 119 Å². The predicted molar refractivity (Wildman–Crippen MR) is 74.5 cm³/mol. The highest BCUT2D eigenvalue weighted by molar-refractivity contribution is 9.10. The van der Waals surface area contributed by atoms with Crippen LogP contribution < -0.4 is 10.1 Å². The van der Waals surface area contributed by atoms with E-state index < -0.39 is 5.82 Å². The average molecular weight is 328 g/mol. The van der Waals surface area contributed by atoms with E-state index in [1.165, 1.54) is 6.07 Å². The normalized spacial score (nSPS) is 10.7. The molecule has 0 amide bonds. The molecule has 0 saturated heterocycles. The topological polar surface area (TPSA) is 34.4 Å². The zero-order valence-electron chi connectivity index (χ0n) is 10.6. The van der Waals surface area contributed by atoms with Crippen LogP contribution in [0.2, 0.25) is 0 Å². The lowest BCUT2D eigenvalue weighted by atomic mass is 10.3. The van der Waals surface area contributed by atoms with E-state index in [9.17, 15) is 4.39 Å². The lowest BCUT2D eigenvalue weighted by molar-refractivity contribution is 0.258. The van der Waals surface area contributed by atoms with Crippen LogP contribution in [0.4, 0.5) is 4.39 Å². The van der Waals surface area contributed by atoms with E-state index >= 15 is 0 Å². The maximum absolute atomic E-state index is 13.5. The number of benzene rings is 1. The van der Waals surface area contributed by atoms with Gasteiger partial charge in [0, 0.05) is 16.6 Å². The summed E-state index contributed by atoms with van der Waals surface area (Å²) in [6.45, 7) is 3.92. The first kappa shape index (κ1) is 14.1. The Morgan fingerprint density at radius 1 is 1.37 bits per heavy atom. The Bertz CT molecular complexity index is 542. The van der Waals surface area contributed by atoms with Gasteiger partial charge in [0.15, 0.2) is 11.6 Å². The highest BCUT2D eigenvalue weighted by atomic mass is 79.9. The van der Waals surface area contributed by atoms with Gasteiger partial charge in [0.25, 0.3) is 0 Å². The number of hydrogen-bond acceptors (Lipinski definition) is 3. The number of rotatable bonds is 6. The van der Waals surface area contributed by atoms with Crippen molar-refractivity contribution in [1.82, 2.24) is 5.32 Å². The molecule has 1 aromatic heterocycles. The zero-order chi connectivity index (χ0) is 13.7. The standard InChI is InChI=1S/C14H15BrFNO2/c1-2-17-7-10-5-12(18-8-10)9-19-14-4-3-11(15)6-13(14)16/h3-6,8,17H,2,7,9H2,1H3. The minimum atomic E-state index is -0.395. The van der Waals surface area contributed by atoms with Crippen LogP contribution >= 0.6 is 15.9 Å². The van der Waals surface area contributed by atoms with Crippen LogP contribution in [0.5, 0.6) is 5.75 Å². The van der Waals surface area contributed by atoms with Gasteiger partial charge in [-0.25, -0.2) is 4.39 Å². The minimum Gasteiger partial charge on any atom is -0.483 e. The van der Waals surface area contributed by atoms with Crippen LogP contribution in [0.1, 0.15) is 18.2 Å². The van der Waals surface area contributed by atoms with Gasteiger partial charge in [0.05, 0.1) is 6.26 Å². The van der Waals surface area contributed by atoms with Crippen molar-refractivity contribution in [3.8, 4) is 5.75 Å². The maximum Gasteiger partial charge on any atom is 0.166 e. The summed E-state index contributed by atoms with van der Waals surface area (Å²) in [5, 5.41) is 3.20. The van der Waals surface area contributed by atoms with E-state index in [0.29, 0.717) is 10.2 Å². The molecule has 19 heavy (non-hydrogen) atoms. The average Bonchev–Trinajstić information content (AvgIpc) is 2.83. The van der Waals surface area contributed by atoms with Gasteiger partial charge in [-0.05, 0) is 30.8 Å². The first-order valence-corrected chi connectivity index (χ1v) is 6.83. The summed E-state index contributed by atoms with van der Waals surface area (Å²) in [6, 6.07) is 6.59. The highest BCUT2D eigenvalue weighted by Crippen LogP contribution is 2.22. The van der Waals surface area contributed by atoms with Crippen molar-refractivity contribution >= 4 is 15.9 Å². The van der Waals surface area contributed by atoms with Crippen molar-refractivity contribution in [3.63, 3.8) is 0 Å². The van der Waals surface area contributed by atoms with Gasteiger partial charge in [-0.2, -0.15) is 0 Å². The molecule has 0 aliphatic heterocycles. The van der Waals surface area contributed by atoms with E-state index in [2.05, 4.69) is 21.2 Å². The van der Waals surface area contributed by atoms with Gasteiger partial charge >= 0.3 is 0 Å². The van der Waals surface area contributed by atoms with Crippen LogP contribution in [0.25, 0.3) is 0 Å². The molecule has 5 heteroatoms. The number of halogens is 2. The lowest BCUT2D eigenvalue weighted by Gasteiger charge is -2.05. The summed E-state index contributed by atoms with van der Waals surface area (Å²) < 4.78 is 24.9. The number of nitrogens with one attached hydrogen (secondary N) is 1. The second-order valence-electron chi connectivity index (χ2n) is 4.07. The summed E-state index contributed by atoms with van der Waals surface area (Å²) in [6.07, 6.45) is 1.68. The zero-order valence-corrected chi connectivity index (χ0v) is 12.2. The van der Waals surface area contributed by atoms with Crippen molar-refractivity contribution < 1.29 is 13.5 Å². The fourth-order valence-electron chi connectivity index (χ4n) is 1.61. The third kappa shape index (κ3) is 4.08. The summed E-state index contributed by atoms with van der Waals surface area (Å²) in [5.74, 6) is 0.497. The molecule has 2 rings (SSSR count). The molecular weight excluding hydrogens is 313 g/mol. The summed E-state index contributed by atoms with van der Waals surface area (Å²) in [4.78, 5) is 0. The largest absolute Gasteiger partial charge is 0.483 e. The molecule has 1 aromatic carbocycles. The van der Waals surface area contributed by atoms with Crippen molar-refractivity contribution in [2.24, 2.45) is 0 Å². The summed E-state index contributed by atoms with van der Waals surface area (Å²) >= 11 is 3.20. The lowest BCUT2D eigenvalue weighted by Crippen LogP contribution is -2.10. The van der Waals surface area contributed by atoms with Gasteiger partial charge in [-0.15, -0.1) is 0 Å². The minimum absolute atomic E-state index is 0.213. The molecule has 0 saturated carbocycles. The third-order valence-corrected chi connectivity index (χ3v) is 3.04. The van der Waals surface area contributed by atoms with Crippen molar-refractivity contribution in [3.05, 3.63) is 52.1 Å². The Morgan fingerprint density at radius 3 is 2.95 bits per heavy atom. The van der Waals surface area contributed by atoms with Gasteiger partial charge in [0.1, 0.15) is 12.4 Å². The van der Waals surface area contributed by atoms with Gasteiger partial charge in [0.2, 0.25) is 0 Å². The fraction of sp³-hybridized carbons (Fsp3) is 0.286. The Kier molecular flexibility index (Phi) is 4.99. The summed E-state index contributed by atoms with van der Waals surface area (Å²) in [5.41, 5.74) is 1.05. The van der Waals surface area contributed by atoms with Crippen LogP contribution in [0.3, 0.4) is 0 Å². The van der Waals surface area contributed by atoms with Crippen LogP contribution in [0.15, 0.2) is 39.4 Å². The molecule has 0 fully saturated rings. The summed E-state index contributed by atoms with van der Waals surface area (Å²) in [7, 11) is 0. The van der Waals surface area contributed by atoms with E-state index in [4.69, 9.17) is 9.15 Å². The monoisotopic (exact) mass is 327 g/mol. The molecule has 1 heterocycles. The molecule has 0 aliphatic rings. The molecule has 3 nitrogen and oxygen atoms in total. The van der Waals surface area contributed by atoms with Gasteiger partial charge in [-0.1, -0.05) is 22.9 Å². The van der Waals surface area contributed by atoms with Crippen LogP contribution in [-0.4, -0.2) is 6.54 Å². The van der Waals surface area contributed by atoms with Gasteiger partial charge < -0.3 is 14.5 Å². The predicted octanol–water partition coefficient (Wildman–Crippen LogP) is 3.87. The molecule has 0 atom stereocenters. The van der Waals surface area contributed by atoms with Crippen molar-refractivity contribution in [2.45, 2.75) is 20.1 Å². The fourth-order valence-corrected chi connectivity index (χ4v) is 1.94. The molecule has 102 valence electrons. The Hall–Kier alpha value is -1.33. The SMILES string of the molecule is CCNCc1coc(COc2ccc(Br)cc2F)c1. The Morgan fingerprint density at radius 2 is 2.21 bits per heavy atom. The first-order chi connectivity index (χ1) is 9.19. The molecule has 1 N–H and O–H groups in total. The molecule has 0 bridgehead atoms. The van der Waals surface area contributed by atoms with Gasteiger partial charge in [-0.3, -0.25) is 0 Å². The Balaban J connectivity index is 1.92. The number of ether oxygens (including phenoxy) is 1. The third-order valence-electron chi connectivity index (χ3n) is 2.55. The molecule has 2 aromatic rings. The van der Waals surface area contributed by atoms with Crippen LogP contribution in [0, 0.1) is 5.82 Å². The second-order valence-corrected chi connectivity index (χ2v) is 4.98. The first-order valence-electron chi connectivity index (χ1n) is 6.04. The quantitative estimate of drug-likeness (QED) is 0.874. The number of furan rings is 1. The molecule has 0 unspecified atom stereocenters. The van der Waals surface area contributed by atoms with E-state index in [-0.39, 0.29) is 12.4 Å². The number of hydrogen-bond donors (Lipinski definition) is 1. The van der Waals surface area contributed by atoms with E-state index in [0.717, 1.165) is 18.7 Å². The molecule has 0 radical (unpaired) electrons. The smallest absolute Gasteiger partial charge is 0.166 e. The van der Waals surface area contributed by atoms with E-state index in [1.807, 2.05) is 13.0 Å². The van der Waals surface area contributed by atoms with Crippen LogP contribution in [-0.2, 0) is 13.2 Å². The molecule has 0 aliphatic carbocycles. The van der Waals surface area contributed by atoms with Crippen molar-refractivity contribution in [1.29, 1.82) is 0 Å². The molecule has 0 spiro atoms. The molecular formula is C14H15BrFNO2. The maximum atomic E-state index is 13.5. The van der Waals surface area contributed by atoms with Crippen molar-refractivity contribution in [2.75, 3.05) is 6.54 Å². The second kappa shape index (κ2) is 6.73. The van der Waals surface area contributed by atoms with E-state index in [1.54, 1.807) is 18.4 Å².